The molecule has 8 rings (SSSR count). The van der Waals surface area contributed by atoms with Crippen molar-refractivity contribution in [2.24, 2.45) is 0 Å². The summed E-state index contributed by atoms with van der Waals surface area (Å²) in [5.41, 5.74) is 3.96. The van der Waals surface area contributed by atoms with Crippen molar-refractivity contribution in [3.63, 3.8) is 0 Å². The SMILES string of the molecule is O=C[C@H]1O[C@@](CO)(O[C@H]2O[C@H](COC(=O)c3ccc([N+](=O)[O-])cc3)[C@@H](OCc3ccccc3)[C@H](OCc3ccccc3)[C@H]2OCc2ccccc2)[C@@H](OCc2ccccc2)[C@@H]1OCc1ccccc1. The van der Waals surface area contributed by atoms with Crippen molar-refractivity contribution >= 4 is 17.9 Å². The molecule has 6 aromatic rings. The number of nitrogens with zero attached hydrogens (tertiary/aromatic N) is 1. The first kappa shape index (κ1) is 48.9. The summed E-state index contributed by atoms with van der Waals surface area (Å²) in [6, 6.07) is 52.1. The highest BCUT2D eigenvalue weighted by molar-refractivity contribution is 5.89. The van der Waals surface area contributed by atoms with Gasteiger partial charge in [0, 0.05) is 12.1 Å². The molecule has 15 heteroatoms. The number of hydrogen-bond donors (Lipinski definition) is 1. The maximum absolute atomic E-state index is 13.6. The van der Waals surface area contributed by atoms with Crippen LogP contribution in [-0.2, 0) is 80.5 Å². The first-order valence-electron chi connectivity index (χ1n) is 22.6. The van der Waals surface area contributed by atoms with Gasteiger partial charge in [0.1, 0.15) is 55.9 Å². The van der Waals surface area contributed by atoms with E-state index in [-0.39, 0.29) is 44.3 Å². The summed E-state index contributed by atoms with van der Waals surface area (Å²) in [6.45, 7) is -0.946. The van der Waals surface area contributed by atoms with Crippen LogP contribution in [0.25, 0.3) is 0 Å². The molecule has 15 nitrogen and oxygen atoms in total. The van der Waals surface area contributed by atoms with Crippen LogP contribution in [0.5, 0.6) is 0 Å². The number of hydrogen-bond acceptors (Lipinski definition) is 14. The molecule has 0 bridgehead atoms. The second-order valence-corrected chi connectivity index (χ2v) is 16.5. The Labute approximate surface area is 399 Å². The molecule has 1 N–H and O–H groups in total. The van der Waals surface area contributed by atoms with Crippen molar-refractivity contribution in [3.05, 3.63) is 219 Å². The molecule has 2 aliphatic rings. The molecule has 2 fully saturated rings. The van der Waals surface area contributed by atoms with Gasteiger partial charge in [0.05, 0.1) is 43.5 Å². The molecular weight excluding hydrogens is 887 g/mol. The number of non-ortho nitro benzene ring substituents is 1. The van der Waals surface area contributed by atoms with Gasteiger partial charge >= 0.3 is 5.97 Å². The molecule has 358 valence electrons. The monoisotopic (exact) mass is 939 g/mol. The zero-order valence-electron chi connectivity index (χ0n) is 37.6. The van der Waals surface area contributed by atoms with E-state index in [2.05, 4.69) is 0 Å². The van der Waals surface area contributed by atoms with E-state index in [0.717, 1.165) is 27.8 Å². The maximum Gasteiger partial charge on any atom is 0.338 e. The van der Waals surface area contributed by atoms with Gasteiger partial charge in [0.2, 0.25) is 5.79 Å². The van der Waals surface area contributed by atoms with Gasteiger partial charge in [-0.15, -0.1) is 0 Å². The second kappa shape index (κ2) is 24.2. The third-order valence-electron chi connectivity index (χ3n) is 11.8. The Morgan fingerprint density at radius 1 is 0.580 bits per heavy atom. The zero-order chi connectivity index (χ0) is 47.8. The lowest BCUT2D eigenvalue weighted by atomic mass is 9.97. The zero-order valence-corrected chi connectivity index (χ0v) is 37.6. The van der Waals surface area contributed by atoms with Crippen LogP contribution in [0, 0.1) is 10.1 Å². The minimum atomic E-state index is -2.12. The molecule has 0 saturated carbocycles. The number of esters is 1. The second-order valence-electron chi connectivity index (χ2n) is 16.5. The smallest absolute Gasteiger partial charge is 0.338 e. The highest BCUT2D eigenvalue weighted by Crippen LogP contribution is 2.41. The van der Waals surface area contributed by atoms with Crippen molar-refractivity contribution in [1.82, 2.24) is 0 Å². The van der Waals surface area contributed by atoms with Gasteiger partial charge in [0.15, 0.2) is 12.6 Å². The van der Waals surface area contributed by atoms with E-state index in [0.29, 0.717) is 6.29 Å². The number of nitro benzene ring substituents is 1. The van der Waals surface area contributed by atoms with Crippen molar-refractivity contribution in [2.45, 2.75) is 87.8 Å². The van der Waals surface area contributed by atoms with Crippen molar-refractivity contribution in [3.8, 4) is 0 Å². The lowest BCUT2D eigenvalue weighted by molar-refractivity contribution is -0.394. The van der Waals surface area contributed by atoms with E-state index < -0.39 is 78.9 Å². The molecule has 0 radical (unpaired) electrons. The average Bonchev–Trinajstić information content (AvgIpc) is 3.70. The molecule has 0 amide bonds. The largest absolute Gasteiger partial charge is 0.459 e. The summed E-state index contributed by atoms with van der Waals surface area (Å²) in [5.74, 6) is -2.91. The minimum Gasteiger partial charge on any atom is -0.459 e. The number of nitro groups is 1. The molecule has 2 aliphatic heterocycles. The number of rotatable bonds is 23. The summed E-state index contributed by atoms with van der Waals surface area (Å²) in [5, 5.41) is 22.9. The quantitative estimate of drug-likeness (QED) is 0.0286. The van der Waals surface area contributed by atoms with E-state index in [1.807, 2.05) is 152 Å². The van der Waals surface area contributed by atoms with E-state index in [1.165, 1.54) is 24.3 Å². The first-order chi connectivity index (χ1) is 33.8. The first-order valence-corrected chi connectivity index (χ1v) is 22.6. The maximum atomic E-state index is 13.6. The number of ether oxygens (including phenoxy) is 9. The fraction of sp³-hybridized carbons (Fsp3) is 0.296. The molecule has 6 aromatic carbocycles. The molecule has 0 unspecified atom stereocenters. The van der Waals surface area contributed by atoms with E-state index >= 15 is 0 Å². The lowest BCUT2D eigenvalue weighted by Gasteiger charge is -2.48. The highest BCUT2D eigenvalue weighted by Gasteiger charge is 2.61. The summed E-state index contributed by atoms with van der Waals surface area (Å²) in [4.78, 5) is 37.4. The fourth-order valence-corrected chi connectivity index (χ4v) is 8.21. The molecular formula is C54H53NO14. The van der Waals surface area contributed by atoms with E-state index in [1.54, 1.807) is 0 Å². The van der Waals surface area contributed by atoms with Gasteiger partial charge in [-0.1, -0.05) is 152 Å². The predicted molar refractivity (Wildman–Crippen MR) is 249 cm³/mol. The minimum absolute atomic E-state index is 0.0235. The van der Waals surface area contributed by atoms with Crippen LogP contribution in [0.15, 0.2) is 176 Å². The van der Waals surface area contributed by atoms with Crippen LogP contribution in [-0.4, -0.2) is 90.3 Å². The van der Waals surface area contributed by atoms with Gasteiger partial charge in [0.25, 0.3) is 5.69 Å². The third-order valence-corrected chi connectivity index (χ3v) is 11.8. The Morgan fingerprint density at radius 3 is 1.43 bits per heavy atom. The van der Waals surface area contributed by atoms with Gasteiger partial charge in [-0.25, -0.2) is 4.79 Å². The molecule has 0 aliphatic carbocycles. The number of benzene rings is 6. The van der Waals surface area contributed by atoms with Crippen molar-refractivity contribution in [1.29, 1.82) is 0 Å². The van der Waals surface area contributed by atoms with Crippen molar-refractivity contribution in [2.75, 3.05) is 13.2 Å². The highest BCUT2D eigenvalue weighted by atomic mass is 16.8. The number of aliphatic hydroxyl groups excluding tert-OH is 1. The molecule has 0 spiro atoms. The topological polar surface area (TPSA) is 181 Å². The lowest BCUT2D eigenvalue weighted by Crippen LogP contribution is -2.64. The van der Waals surface area contributed by atoms with Gasteiger partial charge in [-0.2, -0.15) is 0 Å². The Balaban J connectivity index is 1.18. The van der Waals surface area contributed by atoms with Crippen LogP contribution in [0.3, 0.4) is 0 Å². The number of carbonyl (C=O) groups excluding carboxylic acids is 2. The fourth-order valence-electron chi connectivity index (χ4n) is 8.21. The summed E-state index contributed by atoms with van der Waals surface area (Å²) in [7, 11) is 0. The Kier molecular flexibility index (Phi) is 17.1. The van der Waals surface area contributed by atoms with Crippen LogP contribution in [0.1, 0.15) is 38.2 Å². The van der Waals surface area contributed by atoms with E-state index in [4.69, 9.17) is 42.6 Å². The summed E-state index contributed by atoms with van der Waals surface area (Å²) >= 11 is 0. The van der Waals surface area contributed by atoms with Gasteiger partial charge in [-0.3, -0.25) is 10.1 Å². The summed E-state index contributed by atoms with van der Waals surface area (Å²) in [6.07, 6.45) is -8.87. The molecule has 69 heavy (non-hydrogen) atoms. The Morgan fingerprint density at radius 2 is 1.00 bits per heavy atom. The summed E-state index contributed by atoms with van der Waals surface area (Å²) < 4.78 is 59.5. The van der Waals surface area contributed by atoms with Crippen LogP contribution >= 0.6 is 0 Å². The van der Waals surface area contributed by atoms with Crippen LogP contribution in [0.2, 0.25) is 0 Å². The number of carbonyl (C=O) groups is 2. The Hall–Kier alpha value is -6.50. The molecule has 2 saturated heterocycles. The van der Waals surface area contributed by atoms with Crippen LogP contribution in [0.4, 0.5) is 5.69 Å². The number of aliphatic hydroxyl groups is 1. The van der Waals surface area contributed by atoms with Crippen LogP contribution < -0.4 is 0 Å². The molecule has 9 atom stereocenters. The average molecular weight is 940 g/mol. The van der Waals surface area contributed by atoms with Gasteiger partial charge in [-0.05, 0) is 39.9 Å². The molecule has 0 aromatic heterocycles. The standard InChI is InChI=1S/C54H53NO14/c56-30-45-48(62-32-39-18-8-2-9-19-39)51(65-35-42-24-14-5-15-25-42)54(37-57,68-45)69-53-50(64-34-41-22-12-4-13-23-41)49(63-33-40-20-10-3-11-21-40)47(61-31-38-16-6-1-7-17-38)46(67-53)36-66-52(58)43-26-28-44(29-27-43)55(59)60/h1-30,45-51,53,57H,31-37H2/t45-,46-,47-,48-,49+,50-,51+,53-,54+/m1/s1. The number of aldehydes is 1. The molecule has 2 heterocycles. The van der Waals surface area contributed by atoms with Crippen molar-refractivity contribution < 1.29 is 62.3 Å². The normalized spacial score (nSPS) is 24.4. The van der Waals surface area contributed by atoms with Gasteiger partial charge < -0.3 is 52.5 Å². The Bertz CT molecular complexity index is 2510. The predicted octanol–water partition coefficient (Wildman–Crippen LogP) is 7.71. The van der Waals surface area contributed by atoms with E-state index in [9.17, 15) is 24.8 Å². The third kappa shape index (κ3) is 12.8.